The summed E-state index contributed by atoms with van der Waals surface area (Å²) in [6.07, 6.45) is 5.61. The molecule has 4 nitrogen and oxygen atoms in total. The molecular weight excluding hydrogens is 298 g/mol. The third-order valence-electron chi connectivity index (χ3n) is 4.78. The number of hydrogen-bond donors (Lipinski definition) is 0. The van der Waals surface area contributed by atoms with Crippen molar-refractivity contribution in [3.05, 3.63) is 60.4 Å². The average Bonchev–Trinajstić information content (AvgIpc) is 3.30. The quantitative estimate of drug-likeness (QED) is 0.765. The van der Waals surface area contributed by atoms with Gasteiger partial charge in [-0.2, -0.15) is 0 Å². The average molecular weight is 317 g/mol. The third-order valence-corrected chi connectivity index (χ3v) is 4.78. The zero-order chi connectivity index (χ0) is 15.9. The molecule has 0 saturated carbocycles. The number of para-hydroxylation sites is 4. The van der Waals surface area contributed by atoms with E-state index in [-0.39, 0.29) is 0 Å². The molecule has 0 amide bonds. The molecule has 0 aromatic heterocycles. The number of nitrogens with zero attached hydrogens (tertiary/aromatic N) is 3. The highest BCUT2D eigenvalue weighted by Crippen LogP contribution is 2.49. The second-order valence-corrected chi connectivity index (χ2v) is 6.28. The highest BCUT2D eigenvalue weighted by molar-refractivity contribution is 5.89. The third kappa shape index (κ3) is 2.03. The highest BCUT2D eigenvalue weighted by Gasteiger charge is 2.32. The molecule has 0 N–H and O–H groups in total. The molecule has 0 saturated heterocycles. The van der Waals surface area contributed by atoms with Gasteiger partial charge in [0.2, 0.25) is 0 Å². The Morgan fingerprint density at radius 1 is 0.917 bits per heavy atom. The fourth-order valence-corrected chi connectivity index (χ4v) is 3.72. The van der Waals surface area contributed by atoms with Crippen LogP contribution in [0.5, 0.6) is 11.5 Å². The Kier molecular flexibility index (Phi) is 3.08. The van der Waals surface area contributed by atoms with E-state index in [2.05, 4.69) is 40.1 Å². The van der Waals surface area contributed by atoms with Crippen LogP contribution in [-0.2, 0) is 0 Å². The molecule has 0 bridgehead atoms. The lowest BCUT2D eigenvalue weighted by Crippen LogP contribution is -2.35. The van der Waals surface area contributed by atoms with E-state index < -0.39 is 0 Å². The summed E-state index contributed by atoms with van der Waals surface area (Å²) in [7, 11) is 0. The lowest BCUT2D eigenvalue weighted by Gasteiger charge is -2.37. The van der Waals surface area contributed by atoms with Gasteiger partial charge < -0.3 is 9.64 Å². The van der Waals surface area contributed by atoms with E-state index in [0.717, 1.165) is 55.2 Å². The molecule has 0 atom stereocenters. The van der Waals surface area contributed by atoms with E-state index in [4.69, 9.17) is 9.73 Å². The van der Waals surface area contributed by atoms with E-state index in [1.54, 1.807) is 0 Å². The molecule has 0 spiro atoms. The Balaban J connectivity index is 1.65. The molecule has 24 heavy (non-hydrogen) atoms. The number of rotatable bonds is 1. The molecule has 5 rings (SSSR count). The fourth-order valence-electron chi connectivity index (χ4n) is 3.72. The van der Waals surface area contributed by atoms with Crippen LogP contribution in [0.1, 0.15) is 19.3 Å². The molecule has 3 aliphatic rings. The number of amidine groups is 1. The van der Waals surface area contributed by atoms with Crippen LogP contribution in [0.15, 0.2) is 65.4 Å². The molecule has 3 heterocycles. The molecule has 0 fully saturated rings. The van der Waals surface area contributed by atoms with Crippen molar-refractivity contribution in [2.24, 2.45) is 4.99 Å². The van der Waals surface area contributed by atoms with Gasteiger partial charge in [0.15, 0.2) is 11.5 Å². The van der Waals surface area contributed by atoms with Crippen LogP contribution in [0, 0.1) is 0 Å². The summed E-state index contributed by atoms with van der Waals surface area (Å²) in [5.74, 6) is 4.23. The summed E-state index contributed by atoms with van der Waals surface area (Å²) < 4.78 is 6.11. The van der Waals surface area contributed by atoms with Crippen LogP contribution in [-0.4, -0.2) is 23.8 Å². The highest BCUT2D eigenvalue weighted by atomic mass is 16.5. The molecule has 0 unspecified atom stereocenters. The number of hydrogen-bond acceptors (Lipinski definition) is 4. The second kappa shape index (κ2) is 5.41. The number of aliphatic imine (C=N–C) groups is 1. The van der Waals surface area contributed by atoms with Crippen LogP contribution in [0.2, 0.25) is 0 Å². The first-order chi connectivity index (χ1) is 11.9. The largest absolute Gasteiger partial charge is 0.453 e. The number of anilines is 2. The maximum atomic E-state index is 6.11. The smallest absolute Gasteiger partial charge is 0.151 e. The van der Waals surface area contributed by atoms with Crippen molar-refractivity contribution in [3.8, 4) is 11.5 Å². The lowest BCUT2D eigenvalue weighted by molar-refractivity contribution is 0.467. The Hall–Kier alpha value is -2.75. The molecule has 120 valence electrons. The van der Waals surface area contributed by atoms with Crippen LogP contribution in [0.3, 0.4) is 0 Å². The minimum atomic E-state index is 0.900. The van der Waals surface area contributed by atoms with Gasteiger partial charge in [-0.1, -0.05) is 24.3 Å². The summed E-state index contributed by atoms with van der Waals surface area (Å²) in [6.45, 7) is 1.96. The van der Waals surface area contributed by atoms with E-state index in [1.807, 2.05) is 24.3 Å². The molecular formula is C20H19N3O. The first kappa shape index (κ1) is 13.7. The molecule has 3 aliphatic heterocycles. The van der Waals surface area contributed by atoms with Crippen molar-refractivity contribution in [2.75, 3.05) is 18.0 Å². The van der Waals surface area contributed by atoms with Gasteiger partial charge in [0.05, 0.1) is 11.4 Å². The van der Waals surface area contributed by atoms with Crippen molar-refractivity contribution in [1.29, 1.82) is 0 Å². The number of benzene rings is 2. The van der Waals surface area contributed by atoms with Crippen LogP contribution in [0.25, 0.3) is 0 Å². The lowest BCUT2D eigenvalue weighted by atomic mass is 10.1. The van der Waals surface area contributed by atoms with Crippen molar-refractivity contribution >= 4 is 17.2 Å². The second-order valence-electron chi connectivity index (χ2n) is 6.28. The number of fused-ring (bicyclic) bond motifs is 2. The van der Waals surface area contributed by atoms with E-state index in [0.29, 0.717) is 0 Å². The normalized spacial score (nSPS) is 18.7. The standard InChI is InChI=1S/C20H19N3O/c1-3-9-17-15(7-1)23(16-8-2-4-10-18(16)24-17)20-12-6-14-22(20)19-11-5-13-21-19/h1-4,7-10,12H,5-6,11,13-14H2. The van der Waals surface area contributed by atoms with Crippen molar-refractivity contribution < 1.29 is 4.74 Å². The topological polar surface area (TPSA) is 28.1 Å². The van der Waals surface area contributed by atoms with Gasteiger partial charge in [-0.25, -0.2) is 0 Å². The summed E-state index contributed by atoms with van der Waals surface area (Å²) >= 11 is 0. The predicted octanol–water partition coefficient (Wildman–Crippen LogP) is 4.67. The van der Waals surface area contributed by atoms with Gasteiger partial charge in [-0.15, -0.1) is 0 Å². The Morgan fingerprint density at radius 2 is 1.62 bits per heavy atom. The first-order valence-electron chi connectivity index (χ1n) is 8.59. The maximum Gasteiger partial charge on any atom is 0.151 e. The molecule has 2 aromatic carbocycles. The van der Waals surface area contributed by atoms with Gasteiger partial charge in [-0.05, 0) is 43.2 Å². The van der Waals surface area contributed by atoms with Gasteiger partial charge >= 0.3 is 0 Å². The van der Waals surface area contributed by atoms with Crippen molar-refractivity contribution in [2.45, 2.75) is 19.3 Å². The van der Waals surface area contributed by atoms with Gasteiger partial charge in [0, 0.05) is 19.5 Å². The Morgan fingerprint density at radius 3 is 2.29 bits per heavy atom. The fraction of sp³-hybridized carbons (Fsp3) is 0.250. The Labute approximate surface area is 141 Å². The minimum absolute atomic E-state index is 0.900. The monoisotopic (exact) mass is 317 g/mol. The summed E-state index contributed by atoms with van der Waals surface area (Å²) in [6, 6.07) is 16.5. The summed E-state index contributed by atoms with van der Waals surface area (Å²) in [4.78, 5) is 9.42. The van der Waals surface area contributed by atoms with E-state index in [9.17, 15) is 0 Å². The van der Waals surface area contributed by atoms with Crippen LogP contribution >= 0.6 is 0 Å². The van der Waals surface area contributed by atoms with Crippen molar-refractivity contribution in [1.82, 2.24) is 4.90 Å². The van der Waals surface area contributed by atoms with Crippen LogP contribution in [0.4, 0.5) is 11.4 Å². The zero-order valence-corrected chi connectivity index (χ0v) is 13.5. The Bertz CT molecular complexity index is 810. The summed E-state index contributed by atoms with van der Waals surface area (Å²) in [5.41, 5.74) is 2.18. The number of ether oxygens (including phenoxy) is 1. The van der Waals surface area contributed by atoms with Gasteiger partial charge in [0.1, 0.15) is 11.7 Å². The molecule has 0 radical (unpaired) electrons. The first-order valence-corrected chi connectivity index (χ1v) is 8.59. The molecule has 4 heteroatoms. The van der Waals surface area contributed by atoms with Gasteiger partial charge in [-0.3, -0.25) is 9.89 Å². The molecule has 0 aliphatic carbocycles. The van der Waals surface area contributed by atoms with Crippen LogP contribution < -0.4 is 9.64 Å². The van der Waals surface area contributed by atoms with Gasteiger partial charge in [0.25, 0.3) is 0 Å². The predicted molar refractivity (Wildman–Crippen MR) is 96.0 cm³/mol. The van der Waals surface area contributed by atoms with Crippen molar-refractivity contribution in [3.63, 3.8) is 0 Å². The molecule has 2 aromatic rings. The maximum absolute atomic E-state index is 6.11. The SMILES string of the molecule is C1=C(N2c3ccccc3Oc3ccccc32)N(C2=NCCC2)CC1. The van der Waals surface area contributed by atoms with E-state index in [1.165, 1.54) is 11.7 Å². The van der Waals surface area contributed by atoms with E-state index >= 15 is 0 Å². The minimum Gasteiger partial charge on any atom is -0.453 e. The summed E-state index contributed by atoms with van der Waals surface area (Å²) in [5, 5.41) is 0. The zero-order valence-electron chi connectivity index (χ0n) is 13.5.